The lowest BCUT2D eigenvalue weighted by Crippen LogP contribution is -2.60. The fourth-order valence-corrected chi connectivity index (χ4v) is 4.04. The smallest absolute Gasteiger partial charge is 0.251 e. The average Bonchev–Trinajstić information content (AvgIpc) is 2.64. The predicted octanol–water partition coefficient (Wildman–Crippen LogP) is 3.69. The zero-order chi connectivity index (χ0) is 17.2. The highest BCUT2D eigenvalue weighted by atomic mass is 16.5. The summed E-state index contributed by atoms with van der Waals surface area (Å²) < 4.78 is 5.83. The molecule has 3 aliphatic rings. The third-order valence-electron chi connectivity index (χ3n) is 5.45. The van der Waals surface area contributed by atoms with Gasteiger partial charge in [-0.15, -0.1) is 0 Å². The summed E-state index contributed by atoms with van der Waals surface area (Å²) in [5, 5.41) is 3.24. The van der Waals surface area contributed by atoms with Crippen molar-refractivity contribution >= 4 is 5.91 Å². The van der Waals surface area contributed by atoms with Gasteiger partial charge in [-0.25, -0.2) is 0 Å². The molecular formula is C21H24N2O2. The Balaban J connectivity index is 1.43. The molecule has 1 amide bonds. The van der Waals surface area contributed by atoms with Gasteiger partial charge in [0, 0.05) is 24.2 Å². The summed E-state index contributed by atoms with van der Waals surface area (Å²) >= 11 is 0. The Morgan fingerprint density at radius 1 is 1.12 bits per heavy atom. The Morgan fingerprint density at radius 2 is 1.92 bits per heavy atom. The van der Waals surface area contributed by atoms with Gasteiger partial charge in [0.2, 0.25) is 0 Å². The van der Waals surface area contributed by atoms with E-state index in [9.17, 15) is 4.79 Å². The summed E-state index contributed by atoms with van der Waals surface area (Å²) in [6.07, 6.45) is 2.37. The van der Waals surface area contributed by atoms with Gasteiger partial charge in [-0.05, 0) is 62.6 Å². The molecular weight excluding hydrogens is 312 g/mol. The number of fused-ring (bicyclic) bond motifs is 3. The van der Waals surface area contributed by atoms with Crippen LogP contribution in [0.5, 0.6) is 11.5 Å². The molecule has 1 N–H and O–H groups in total. The van der Waals surface area contributed by atoms with Crippen molar-refractivity contribution in [1.29, 1.82) is 0 Å². The van der Waals surface area contributed by atoms with Crippen LogP contribution in [-0.2, 0) is 0 Å². The van der Waals surface area contributed by atoms with Gasteiger partial charge in [-0.2, -0.15) is 0 Å². The van der Waals surface area contributed by atoms with Crippen LogP contribution in [-0.4, -0.2) is 36.0 Å². The number of nitrogens with one attached hydrogen (secondary N) is 1. The summed E-state index contributed by atoms with van der Waals surface area (Å²) in [6, 6.07) is 17.9. The van der Waals surface area contributed by atoms with Crippen LogP contribution in [0.1, 0.15) is 30.1 Å². The van der Waals surface area contributed by atoms with Gasteiger partial charge >= 0.3 is 0 Å². The minimum atomic E-state index is -0.00934. The summed E-state index contributed by atoms with van der Waals surface area (Å²) in [5.41, 5.74) is 0.651. The van der Waals surface area contributed by atoms with Gasteiger partial charge in [0.1, 0.15) is 11.5 Å². The molecule has 0 radical (unpaired) electrons. The molecule has 4 unspecified atom stereocenters. The second-order valence-corrected chi connectivity index (χ2v) is 7.15. The third-order valence-corrected chi connectivity index (χ3v) is 5.45. The third kappa shape index (κ3) is 3.54. The second kappa shape index (κ2) is 6.89. The first kappa shape index (κ1) is 16.2. The van der Waals surface area contributed by atoms with Crippen LogP contribution >= 0.6 is 0 Å². The second-order valence-electron chi connectivity index (χ2n) is 7.15. The normalized spacial score (nSPS) is 27.7. The largest absolute Gasteiger partial charge is 0.457 e. The molecule has 2 aromatic carbocycles. The Hall–Kier alpha value is -2.33. The molecule has 4 nitrogen and oxygen atoms in total. The molecule has 4 atom stereocenters. The Kier molecular flexibility index (Phi) is 4.45. The van der Waals surface area contributed by atoms with Gasteiger partial charge in [0.05, 0.1) is 0 Å². The molecule has 0 spiro atoms. The number of nitrogens with zero attached hydrogens (tertiary/aromatic N) is 1. The highest BCUT2D eigenvalue weighted by Crippen LogP contribution is 2.32. The van der Waals surface area contributed by atoms with Crippen molar-refractivity contribution in [3.63, 3.8) is 0 Å². The number of carbonyl (C=O) groups is 1. The van der Waals surface area contributed by atoms with Gasteiger partial charge in [-0.1, -0.05) is 24.3 Å². The lowest BCUT2D eigenvalue weighted by molar-refractivity contribution is 0.0274. The van der Waals surface area contributed by atoms with Crippen molar-refractivity contribution in [2.24, 2.45) is 5.92 Å². The van der Waals surface area contributed by atoms with E-state index >= 15 is 0 Å². The Bertz CT molecular complexity index is 747. The Morgan fingerprint density at radius 3 is 2.64 bits per heavy atom. The maximum atomic E-state index is 12.7. The van der Waals surface area contributed by atoms with Crippen LogP contribution in [0.15, 0.2) is 54.6 Å². The fourth-order valence-electron chi connectivity index (χ4n) is 4.04. The first-order valence-corrected chi connectivity index (χ1v) is 9.07. The topological polar surface area (TPSA) is 41.6 Å². The first-order chi connectivity index (χ1) is 12.2. The van der Waals surface area contributed by atoms with E-state index in [-0.39, 0.29) is 11.9 Å². The number of carbonyl (C=O) groups excluding carboxylic acids is 1. The number of hydrogen-bond acceptors (Lipinski definition) is 3. The van der Waals surface area contributed by atoms with E-state index in [4.69, 9.17) is 4.74 Å². The molecule has 25 heavy (non-hydrogen) atoms. The quantitative estimate of drug-likeness (QED) is 0.926. The fraction of sp³-hybridized carbons (Fsp3) is 0.381. The van der Waals surface area contributed by atoms with Gasteiger partial charge in [-0.3, -0.25) is 9.69 Å². The maximum Gasteiger partial charge on any atom is 0.251 e. The van der Waals surface area contributed by atoms with Crippen LogP contribution in [0, 0.1) is 5.92 Å². The number of benzene rings is 2. The van der Waals surface area contributed by atoms with Crippen molar-refractivity contribution < 1.29 is 9.53 Å². The summed E-state index contributed by atoms with van der Waals surface area (Å²) in [7, 11) is 0. The molecule has 2 bridgehead atoms. The minimum absolute atomic E-state index is 0.00934. The van der Waals surface area contributed by atoms with Crippen LogP contribution in [0.3, 0.4) is 0 Å². The van der Waals surface area contributed by atoms with E-state index in [0.29, 0.717) is 23.3 Å². The number of amides is 1. The number of ether oxygens (including phenoxy) is 1. The lowest BCUT2D eigenvalue weighted by Gasteiger charge is -2.48. The zero-order valence-corrected chi connectivity index (χ0v) is 14.5. The van der Waals surface area contributed by atoms with E-state index in [0.717, 1.165) is 12.3 Å². The molecule has 0 aliphatic carbocycles. The number of rotatable bonds is 4. The van der Waals surface area contributed by atoms with Crippen LogP contribution in [0.2, 0.25) is 0 Å². The maximum absolute atomic E-state index is 12.7. The van der Waals surface area contributed by atoms with E-state index in [1.165, 1.54) is 19.4 Å². The standard InChI is InChI=1S/C21H24N2O2/c1-15-12-16-10-11-23(15)14-20(16)22-21(24)17-6-5-9-19(13-17)25-18-7-3-2-4-8-18/h2-9,13,15-16,20H,10-12,14H2,1H3,(H,22,24). The van der Waals surface area contributed by atoms with Gasteiger partial charge in [0.25, 0.3) is 5.91 Å². The number of piperidine rings is 3. The molecule has 3 heterocycles. The first-order valence-electron chi connectivity index (χ1n) is 9.07. The lowest BCUT2D eigenvalue weighted by atomic mass is 9.80. The summed E-state index contributed by atoms with van der Waals surface area (Å²) in [5.74, 6) is 2.05. The van der Waals surface area contributed by atoms with Crippen molar-refractivity contribution in [2.75, 3.05) is 13.1 Å². The SMILES string of the molecule is CC1CC2CCN1CC2NC(=O)c1cccc(Oc2ccccc2)c1. The minimum Gasteiger partial charge on any atom is -0.457 e. The van der Waals surface area contributed by atoms with E-state index in [2.05, 4.69) is 17.1 Å². The number of hydrogen-bond donors (Lipinski definition) is 1. The van der Waals surface area contributed by atoms with Crippen LogP contribution in [0.25, 0.3) is 0 Å². The average molecular weight is 336 g/mol. The van der Waals surface area contributed by atoms with E-state index < -0.39 is 0 Å². The zero-order valence-electron chi connectivity index (χ0n) is 14.5. The molecule has 3 saturated heterocycles. The molecule has 4 heteroatoms. The highest BCUT2D eigenvalue weighted by molar-refractivity contribution is 5.94. The highest BCUT2D eigenvalue weighted by Gasteiger charge is 2.38. The van der Waals surface area contributed by atoms with Gasteiger partial charge < -0.3 is 10.1 Å². The Labute approximate surface area is 148 Å². The van der Waals surface area contributed by atoms with E-state index in [1.807, 2.05) is 54.6 Å². The van der Waals surface area contributed by atoms with Crippen molar-refractivity contribution in [2.45, 2.75) is 31.8 Å². The molecule has 130 valence electrons. The number of para-hydroxylation sites is 1. The van der Waals surface area contributed by atoms with Crippen molar-refractivity contribution in [3.05, 3.63) is 60.2 Å². The molecule has 0 aromatic heterocycles. The molecule has 3 aliphatic heterocycles. The monoisotopic (exact) mass is 336 g/mol. The molecule has 5 rings (SSSR count). The molecule has 3 fully saturated rings. The van der Waals surface area contributed by atoms with Crippen molar-refractivity contribution in [3.8, 4) is 11.5 Å². The van der Waals surface area contributed by atoms with Crippen molar-refractivity contribution in [1.82, 2.24) is 10.2 Å². The predicted molar refractivity (Wildman–Crippen MR) is 98.0 cm³/mol. The van der Waals surface area contributed by atoms with Crippen LogP contribution in [0.4, 0.5) is 0 Å². The van der Waals surface area contributed by atoms with E-state index in [1.54, 1.807) is 0 Å². The molecule has 2 aromatic rings. The van der Waals surface area contributed by atoms with Crippen LogP contribution < -0.4 is 10.1 Å². The summed E-state index contributed by atoms with van der Waals surface area (Å²) in [4.78, 5) is 15.2. The van der Waals surface area contributed by atoms with Gasteiger partial charge in [0.15, 0.2) is 0 Å². The summed E-state index contributed by atoms with van der Waals surface area (Å²) in [6.45, 7) is 4.42. The molecule has 0 saturated carbocycles.